The minimum atomic E-state index is -4.99. The van der Waals surface area contributed by atoms with E-state index < -0.39 is 47.2 Å². The van der Waals surface area contributed by atoms with Gasteiger partial charge in [-0.2, -0.15) is 26.3 Å². The summed E-state index contributed by atoms with van der Waals surface area (Å²) in [6, 6.07) is 9.89. The molecule has 1 aliphatic rings. The third-order valence-electron chi connectivity index (χ3n) is 5.25. The van der Waals surface area contributed by atoms with Crippen LogP contribution in [0.1, 0.15) is 34.6 Å². The largest absolute Gasteiger partial charge is 0.490 e. The zero-order valence-electron chi connectivity index (χ0n) is 16.6. The second-order valence-corrected chi connectivity index (χ2v) is 7.41. The molecule has 0 aromatic heterocycles. The summed E-state index contributed by atoms with van der Waals surface area (Å²) in [6.07, 6.45) is -11.6. The van der Waals surface area contributed by atoms with Gasteiger partial charge in [-0.25, -0.2) is 4.79 Å². The Morgan fingerprint density at radius 1 is 1.00 bits per heavy atom. The number of benzene rings is 2. The van der Waals surface area contributed by atoms with Crippen molar-refractivity contribution in [3.05, 3.63) is 77.4 Å². The van der Waals surface area contributed by atoms with E-state index in [1.165, 1.54) is 4.90 Å². The van der Waals surface area contributed by atoms with Crippen molar-refractivity contribution in [3.63, 3.8) is 0 Å². The third kappa shape index (κ3) is 5.35. The van der Waals surface area contributed by atoms with Crippen molar-refractivity contribution in [2.75, 3.05) is 13.1 Å². The summed E-state index contributed by atoms with van der Waals surface area (Å²) >= 11 is 0. The average molecular weight is 459 g/mol. The van der Waals surface area contributed by atoms with Gasteiger partial charge in [-0.05, 0) is 23.8 Å². The maximum absolute atomic E-state index is 13.2. The zero-order chi connectivity index (χ0) is 23.7. The van der Waals surface area contributed by atoms with E-state index in [1.807, 2.05) is 0 Å². The average Bonchev–Trinajstić information content (AvgIpc) is 2.73. The number of hydrogen-bond donors (Lipinski definition) is 1. The predicted molar refractivity (Wildman–Crippen MR) is 104 cm³/mol. The van der Waals surface area contributed by atoms with Crippen molar-refractivity contribution in [3.8, 4) is 0 Å². The summed E-state index contributed by atoms with van der Waals surface area (Å²) in [5, 5.41) is 9.32. The van der Waals surface area contributed by atoms with Crippen LogP contribution in [0.3, 0.4) is 0 Å². The Morgan fingerprint density at radius 3 is 2.06 bits per heavy atom. The normalized spacial score (nSPS) is 19.5. The molecule has 1 amide bonds. The van der Waals surface area contributed by atoms with E-state index in [-0.39, 0.29) is 31.3 Å². The van der Waals surface area contributed by atoms with E-state index in [1.54, 1.807) is 30.3 Å². The summed E-state index contributed by atoms with van der Waals surface area (Å²) in [5.41, 5.74) is -2.64. The third-order valence-corrected chi connectivity index (χ3v) is 5.25. The van der Waals surface area contributed by atoms with Gasteiger partial charge in [-0.3, -0.25) is 0 Å². The van der Waals surface area contributed by atoms with Crippen molar-refractivity contribution in [1.29, 1.82) is 0 Å². The molecule has 10 heteroatoms. The summed E-state index contributed by atoms with van der Waals surface area (Å²) in [7, 11) is 0. The van der Waals surface area contributed by atoms with Gasteiger partial charge in [0.05, 0.1) is 11.1 Å². The predicted octanol–water partition coefficient (Wildman–Crippen LogP) is 6.25. The lowest BCUT2D eigenvalue weighted by Gasteiger charge is -2.38. The molecule has 0 unspecified atom stereocenters. The van der Waals surface area contributed by atoms with Crippen molar-refractivity contribution >= 4 is 11.9 Å². The molecule has 1 heterocycles. The van der Waals surface area contributed by atoms with Gasteiger partial charge in [0, 0.05) is 31.0 Å². The number of amides is 1. The highest BCUT2D eigenvalue weighted by Crippen LogP contribution is 2.39. The van der Waals surface area contributed by atoms with Crippen LogP contribution in [0, 0.1) is 0 Å². The smallest absolute Gasteiger partial charge is 0.416 e. The van der Waals surface area contributed by atoms with Crippen LogP contribution in [-0.2, 0) is 17.1 Å². The van der Waals surface area contributed by atoms with E-state index in [9.17, 15) is 36.2 Å². The number of ether oxygens (including phenoxy) is 1. The number of carboxylic acid groups (broad SMARTS) is 1. The topological polar surface area (TPSA) is 49.8 Å². The lowest BCUT2D eigenvalue weighted by molar-refractivity contribution is -0.143. The molecule has 172 valence electrons. The Balaban J connectivity index is 1.91. The molecule has 0 radical (unpaired) electrons. The molecule has 4 nitrogen and oxygen atoms in total. The maximum atomic E-state index is 13.2. The zero-order valence-corrected chi connectivity index (χ0v) is 16.6. The van der Waals surface area contributed by atoms with Crippen LogP contribution in [0.2, 0.25) is 0 Å². The Kier molecular flexibility index (Phi) is 6.43. The van der Waals surface area contributed by atoms with E-state index in [0.717, 1.165) is 5.56 Å². The first-order valence-corrected chi connectivity index (χ1v) is 9.54. The first-order chi connectivity index (χ1) is 14.9. The lowest BCUT2D eigenvalue weighted by atomic mass is 9.88. The Labute approximate surface area is 179 Å². The van der Waals surface area contributed by atoms with Gasteiger partial charge in [0.25, 0.3) is 0 Å². The molecule has 0 spiro atoms. The van der Waals surface area contributed by atoms with Gasteiger partial charge < -0.3 is 14.7 Å². The molecule has 1 fully saturated rings. The summed E-state index contributed by atoms with van der Waals surface area (Å²) < 4.78 is 84.7. The van der Waals surface area contributed by atoms with Gasteiger partial charge in [0.15, 0.2) is 0 Å². The Morgan fingerprint density at radius 2 is 1.56 bits per heavy atom. The minimum absolute atomic E-state index is 0.0366. The van der Waals surface area contributed by atoms with Gasteiger partial charge in [-0.15, -0.1) is 0 Å². The van der Waals surface area contributed by atoms with Crippen LogP contribution in [0.25, 0.3) is 5.76 Å². The Hall–Kier alpha value is -3.17. The van der Waals surface area contributed by atoms with Crippen LogP contribution in [0.4, 0.5) is 31.1 Å². The molecule has 1 saturated heterocycles. The van der Waals surface area contributed by atoms with E-state index in [0.29, 0.717) is 12.1 Å². The second kappa shape index (κ2) is 8.76. The quantitative estimate of drug-likeness (QED) is 0.435. The number of halogens is 6. The van der Waals surface area contributed by atoms with Crippen molar-refractivity contribution < 1.29 is 41.0 Å². The number of carbonyl (C=O) groups is 1. The highest BCUT2D eigenvalue weighted by molar-refractivity contribution is 5.65. The van der Waals surface area contributed by atoms with Gasteiger partial charge in [0.2, 0.25) is 0 Å². The molecule has 1 aliphatic heterocycles. The number of nitrogens with zero attached hydrogens (tertiary/aromatic N) is 1. The maximum Gasteiger partial charge on any atom is 0.416 e. The number of piperidine rings is 1. The summed E-state index contributed by atoms with van der Waals surface area (Å²) in [5.74, 6) is -0.831. The van der Waals surface area contributed by atoms with E-state index in [2.05, 4.69) is 6.58 Å². The monoisotopic (exact) mass is 459 g/mol. The molecule has 2 aromatic rings. The van der Waals surface area contributed by atoms with Crippen LogP contribution >= 0.6 is 0 Å². The van der Waals surface area contributed by atoms with E-state index >= 15 is 0 Å². The molecular formula is C22H19F6NO3. The molecule has 1 N–H and O–H groups in total. The van der Waals surface area contributed by atoms with Gasteiger partial charge >= 0.3 is 18.4 Å². The highest BCUT2D eigenvalue weighted by atomic mass is 19.4. The number of alkyl halides is 6. The molecule has 32 heavy (non-hydrogen) atoms. The van der Waals surface area contributed by atoms with Crippen LogP contribution in [0.5, 0.6) is 0 Å². The van der Waals surface area contributed by atoms with Crippen molar-refractivity contribution in [1.82, 2.24) is 4.90 Å². The minimum Gasteiger partial charge on any atom is -0.490 e. The highest BCUT2D eigenvalue weighted by Gasteiger charge is 2.38. The Bertz CT molecular complexity index is 955. The SMILES string of the molecule is C=C(O[C@H]1CCN(C(=O)O)C[C@H]1c1ccccc1)c1cc(C(F)(F)F)cc(C(F)(F)F)c1. The molecular weight excluding hydrogens is 440 g/mol. The molecule has 0 bridgehead atoms. The van der Waals surface area contributed by atoms with Crippen LogP contribution in [0.15, 0.2) is 55.1 Å². The fourth-order valence-corrected chi connectivity index (χ4v) is 3.63. The van der Waals surface area contributed by atoms with E-state index in [4.69, 9.17) is 4.74 Å². The standard InChI is InChI=1S/C22H19F6NO3/c1-13(15-9-16(21(23,24)25)11-17(10-15)22(26,27)28)32-19-7-8-29(20(30)31)12-18(19)14-5-3-2-4-6-14/h2-6,9-11,18-19H,1,7-8,12H2,(H,30,31)/t18-,19-/m0/s1. The van der Waals surface area contributed by atoms with Gasteiger partial charge in [0.1, 0.15) is 11.9 Å². The molecule has 2 atom stereocenters. The fourth-order valence-electron chi connectivity index (χ4n) is 3.63. The molecule has 0 aliphatic carbocycles. The van der Waals surface area contributed by atoms with Crippen molar-refractivity contribution in [2.45, 2.75) is 30.8 Å². The number of likely N-dealkylation sites (tertiary alicyclic amines) is 1. The molecule has 3 rings (SSSR count). The van der Waals surface area contributed by atoms with Crippen LogP contribution < -0.4 is 0 Å². The fraction of sp³-hybridized carbons (Fsp3) is 0.318. The van der Waals surface area contributed by atoms with Gasteiger partial charge in [-0.1, -0.05) is 36.9 Å². The first kappa shape index (κ1) is 23.5. The molecule has 2 aromatic carbocycles. The summed E-state index contributed by atoms with van der Waals surface area (Å²) in [4.78, 5) is 12.6. The lowest BCUT2D eigenvalue weighted by Crippen LogP contribution is -2.45. The number of rotatable bonds is 4. The summed E-state index contributed by atoms with van der Waals surface area (Å²) in [6.45, 7) is 3.73. The van der Waals surface area contributed by atoms with Crippen molar-refractivity contribution in [2.24, 2.45) is 0 Å². The number of hydrogen-bond acceptors (Lipinski definition) is 2. The van der Waals surface area contributed by atoms with Crippen LogP contribution in [-0.4, -0.2) is 35.3 Å². The molecule has 0 saturated carbocycles. The second-order valence-electron chi connectivity index (χ2n) is 7.41. The first-order valence-electron chi connectivity index (χ1n) is 9.54.